The quantitative estimate of drug-likeness (QED) is 0.625. The standard InChI is InChI=1S/C18H26N2O3/c1-2-23-18(22)15-11-7-8-12-16(15)19-13-17(21)20-14-9-5-3-4-6-10-14/h7-8,11-12,14,19H,2-6,9-10,13H2,1H3,(H,20,21). The molecule has 0 unspecified atom stereocenters. The van der Waals surface area contributed by atoms with Crippen LogP contribution in [-0.4, -0.2) is 31.1 Å². The summed E-state index contributed by atoms with van der Waals surface area (Å²) in [6.07, 6.45) is 7.01. The summed E-state index contributed by atoms with van der Waals surface area (Å²) in [5.74, 6) is -0.407. The molecule has 0 saturated heterocycles. The topological polar surface area (TPSA) is 67.4 Å². The van der Waals surface area contributed by atoms with Gasteiger partial charge in [-0.1, -0.05) is 37.8 Å². The highest BCUT2D eigenvalue weighted by Crippen LogP contribution is 2.18. The molecule has 2 rings (SSSR count). The molecule has 1 amide bonds. The average molecular weight is 318 g/mol. The second-order valence-electron chi connectivity index (χ2n) is 5.88. The molecule has 0 aliphatic heterocycles. The molecular formula is C18H26N2O3. The van der Waals surface area contributed by atoms with Gasteiger partial charge in [-0.25, -0.2) is 4.79 Å². The summed E-state index contributed by atoms with van der Waals surface area (Å²) in [5, 5.41) is 6.13. The van der Waals surface area contributed by atoms with E-state index >= 15 is 0 Å². The molecule has 1 saturated carbocycles. The minimum atomic E-state index is -0.375. The van der Waals surface area contributed by atoms with E-state index in [1.807, 2.05) is 6.07 Å². The highest BCUT2D eigenvalue weighted by atomic mass is 16.5. The Morgan fingerprint density at radius 3 is 2.52 bits per heavy atom. The van der Waals surface area contributed by atoms with Gasteiger partial charge in [0.05, 0.1) is 18.7 Å². The lowest BCUT2D eigenvalue weighted by Gasteiger charge is -2.17. The van der Waals surface area contributed by atoms with Crippen LogP contribution in [0.5, 0.6) is 0 Å². The zero-order chi connectivity index (χ0) is 16.5. The Morgan fingerprint density at radius 2 is 1.83 bits per heavy atom. The number of carbonyl (C=O) groups is 2. The molecule has 1 fully saturated rings. The van der Waals surface area contributed by atoms with E-state index in [0.29, 0.717) is 17.9 Å². The second kappa shape index (κ2) is 9.18. The Bertz CT molecular complexity index is 523. The van der Waals surface area contributed by atoms with Gasteiger partial charge in [0.25, 0.3) is 0 Å². The van der Waals surface area contributed by atoms with Gasteiger partial charge in [0.2, 0.25) is 5.91 Å². The van der Waals surface area contributed by atoms with Crippen molar-refractivity contribution in [3.8, 4) is 0 Å². The lowest BCUT2D eigenvalue weighted by atomic mass is 10.1. The fourth-order valence-corrected chi connectivity index (χ4v) is 2.90. The summed E-state index contributed by atoms with van der Waals surface area (Å²) >= 11 is 0. The monoisotopic (exact) mass is 318 g/mol. The van der Waals surface area contributed by atoms with Crippen molar-refractivity contribution < 1.29 is 14.3 Å². The maximum Gasteiger partial charge on any atom is 0.340 e. The first-order valence-corrected chi connectivity index (χ1v) is 8.50. The zero-order valence-corrected chi connectivity index (χ0v) is 13.8. The molecule has 1 aliphatic carbocycles. The van der Waals surface area contributed by atoms with Gasteiger partial charge in [0, 0.05) is 11.7 Å². The molecular weight excluding hydrogens is 292 g/mol. The number of benzene rings is 1. The highest BCUT2D eigenvalue weighted by Gasteiger charge is 2.16. The van der Waals surface area contributed by atoms with Crippen LogP contribution in [0.4, 0.5) is 5.69 Å². The normalized spacial score (nSPS) is 15.5. The van der Waals surface area contributed by atoms with E-state index in [-0.39, 0.29) is 24.5 Å². The van der Waals surface area contributed by atoms with E-state index < -0.39 is 0 Å². The summed E-state index contributed by atoms with van der Waals surface area (Å²) < 4.78 is 5.03. The first-order chi connectivity index (χ1) is 11.2. The largest absolute Gasteiger partial charge is 0.462 e. The summed E-state index contributed by atoms with van der Waals surface area (Å²) in [7, 11) is 0. The van der Waals surface area contributed by atoms with E-state index in [4.69, 9.17) is 4.74 Å². The molecule has 0 atom stereocenters. The molecule has 2 N–H and O–H groups in total. The van der Waals surface area contributed by atoms with E-state index in [1.54, 1.807) is 25.1 Å². The van der Waals surface area contributed by atoms with Gasteiger partial charge >= 0.3 is 5.97 Å². The summed E-state index contributed by atoms with van der Waals surface area (Å²) in [4.78, 5) is 24.0. The Kier molecular flexibility index (Phi) is 6.91. The Morgan fingerprint density at radius 1 is 1.13 bits per heavy atom. The van der Waals surface area contributed by atoms with Crippen molar-refractivity contribution in [1.29, 1.82) is 0 Å². The number of rotatable bonds is 6. The van der Waals surface area contributed by atoms with Gasteiger partial charge in [-0.3, -0.25) is 4.79 Å². The predicted octanol–water partition coefficient (Wildman–Crippen LogP) is 3.11. The van der Waals surface area contributed by atoms with Crippen LogP contribution in [0.1, 0.15) is 55.8 Å². The van der Waals surface area contributed by atoms with Gasteiger partial charge in [0.1, 0.15) is 0 Å². The number of ether oxygens (including phenoxy) is 1. The number of nitrogens with one attached hydrogen (secondary N) is 2. The molecule has 126 valence electrons. The first-order valence-electron chi connectivity index (χ1n) is 8.50. The molecule has 0 spiro atoms. The Hall–Kier alpha value is -2.04. The van der Waals surface area contributed by atoms with Crippen molar-refractivity contribution in [2.24, 2.45) is 0 Å². The van der Waals surface area contributed by atoms with Crippen molar-refractivity contribution in [3.05, 3.63) is 29.8 Å². The molecule has 0 radical (unpaired) electrons. The molecule has 0 heterocycles. The van der Waals surface area contributed by atoms with Gasteiger partial charge in [-0.2, -0.15) is 0 Å². The van der Waals surface area contributed by atoms with Crippen LogP contribution in [-0.2, 0) is 9.53 Å². The number of hydrogen-bond donors (Lipinski definition) is 2. The van der Waals surface area contributed by atoms with Crippen LogP contribution >= 0.6 is 0 Å². The lowest BCUT2D eigenvalue weighted by molar-refractivity contribution is -0.120. The van der Waals surface area contributed by atoms with E-state index in [1.165, 1.54) is 25.7 Å². The Labute approximate surface area is 137 Å². The third-order valence-electron chi connectivity index (χ3n) is 4.08. The lowest BCUT2D eigenvalue weighted by Crippen LogP contribution is -2.38. The number of esters is 1. The molecule has 23 heavy (non-hydrogen) atoms. The minimum Gasteiger partial charge on any atom is -0.462 e. The molecule has 0 aromatic heterocycles. The van der Waals surface area contributed by atoms with E-state index in [9.17, 15) is 9.59 Å². The van der Waals surface area contributed by atoms with Crippen LogP contribution in [0.3, 0.4) is 0 Å². The Balaban J connectivity index is 1.87. The van der Waals surface area contributed by atoms with E-state index in [0.717, 1.165) is 12.8 Å². The van der Waals surface area contributed by atoms with Crippen LogP contribution < -0.4 is 10.6 Å². The second-order valence-corrected chi connectivity index (χ2v) is 5.88. The SMILES string of the molecule is CCOC(=O)c1ccccc1NCC(=O)NC1CCCCCC1. The van der Waals surface area contributed by atoms with Crippen molar-refractivity contribution >= 4 is 17.6 Å². The molecule has 1 aromatic carbocycles. The van der Waals surface area contributed by atoms with Gasteiger partial charge in [0.15, 0.2) is 0 Å². The van der Waals surface area contributed by atoms with Gasteiger partial charge in [-0.05, 0) is 31.9 Å². The molecule has 0 bridgehead atoms. The third-order valence-corrected chi connectivity index (χ3v) is 4.08. The maximum absolute atomic E-state index is 12.1. The smallest absolute Gasteiger partial charge is 0.340 e. The number of carbonyl (C=O) groups excluding carboxylic acids is 2. The van der Waals surface area contributed by atoms with Crippen molar-refractivity contribution in [1.82, 2.24) is 5.32 Å². The third kappa shape index (κ3) is 5.58. The fraction of sp³-hybridized carbons (Fsp3) is 0.556. The summed E-state index contributed by atoms with van der Waals surface area (Å²) in [5.41, 5.74) is 1.08. The van der Waals surface area contributed by atoms with Crippen LogP contribution in [0.15, 0.2) is 24.3 Å². The summed E-state index contributed by atoms with van der Waals surface area (Å²) in [6.45, 7) is 2.26. The number of para-hydroxylation sites is 1. The van der Waals surface area contributed by atoms with Gasteiger partial charge < -0.3 is 15.4 Å². The fourth-order valence-electron chi connectivity index (χ4n) is 2.90. The number of anilines is 1. The van der Waals surface area contributed by atoms with Crippen molar-refractivity contribution in [2.45, 2.75) is 51.5 Å². The molecule has 1 aromatic rings. The highest BCUT2D eigenvalue weighted by molar-refractivity contribution is 5.96. The van der Waals surface area contributed by atoms with Crippen LogP contribution in [0.25, 0.3) is 0 Å². The molecule has 5 nitrogen and oxygen atoms in total. The molecule has 5 heteroatoms. The van der Waals surface area contributed by atoms with Crippen LogP contribution in [0.2, 0.25) is 0 Å². The van der Waals surface area contributed by atoms with Crippen LogP contribution in [0, 0.1) is 0 Å². The maximum atomic E-state index is 12.1. The molecule has 1 aliphatic rings. The summed E-state index contributed by atoms with van der Waals surface area (Å²) in [6, 6.07) is 7.37. The average Bonchev–Trinajstić information content (AvgIpc) is 2.82. The first kappa shape index (κ1) is 17.3. The zero-order valence-electron chi connectivity index (χ0n) is 13.8. The number of amides is 1. The van der Waals surface area contributed by atoms with Gasteiger partial charge in [-0.15, -0.1) is 0 Å². The minimum absolute atomic E-state index is 0.0319. The number of hydrogen-bond acceptors (Lipinski definition) is 4. The van der Waals surface area contributed by atoms with E-state index in [2.05, 4.69) is 10.6 Å². The predicted molar refractivity (Wildman–Crippen MR) is 90.5 cm³/mol. The van der Waals surface area contributed by atoms with Crippen molar-refractivity contribution in [2.75, 3.05) is 18.5 Å². The van der Waals surface area contributed by atoms with Crippen molar-refractivity contribution in [3.63, 3.8) is 0 Å².